The van der Waals surface area contributed by atoms with Gasteiger partial charge in [0.15, 0.2) is 0 Å². The Morgan fingerprint density at radius 2 is 1.81 bits per heavy atom. The van der Waals surface area contributed by atoms with Crippen LogP contribution in [0.4, 0.5) is 4.79 Å². The zero-order valence-electron chi connectivity index (χ0n) is 19.1. The molecule has 2 aromatic rings. The third-order valence-corrected chi connectivity index (χ3v) is 5.57. The van der Waals surface area contributed by atoms with Gasteiger partial charge in [-0.05, 0) is 44.0 Å². The molecule has 3 rings (SSSR count). The predicted molar refractivity (Wildman–Crippen MR) is 122 cm³/mol. The minimum atomic E-state index is -0.339. The second-order valence-corrected chi connectivity index (χ2v) is 9.25. The first-order valence-electron chi connectivity index (χ1n) is 10.7. The van der Waals surface area contributed by atoms with E-state index in [1.54, 1.807) is 16.9 Å². The van der Waals surface area contributed by atoms with Crippen LogP contribution in [0.25, 0.3) is 0 Å². The average molecular weight is 424 g/mol. The topological polar surface area (TPSA) is 61.9 Å². The molecule has 0 saturated carbocycles. The Morgan fingerprint density at radius 3 is 2.45 bits per heavy atom. The van der Waals surface area contributed by atoms with Gasteiger partial charge in [0.25, 0.3) is 0 Å². The number of carbonyl (C=O) groups is 2. The minimum absolute atomic E-state index is 0.0442. The van der Waals surface area contributed by atoms with Crippen molar-refractivity contribution in [2.75, 3.05) is 27.2 Å². The van der Waals surface area contributed by atoms with Crippen LogP contribution < -0.4 is 10.1 Å². The third kappa shape index (κ3) is 5.78. The highest BCUT2D eigenvalue weighted by molar-refractivity contribution is 5.83. The number of hydrogen-bond donors (Lipinski definition) is 1. The Kier molecular flexibility index (Phi) is 6.88. The van der Waals surface area contributed by atoms with Gasteiger partial charge in [0.1, 0.15) is 5.75 Å². The molecule has 0 spiro atoms. The summed E-state index contributed by atoms with van der Waals surface area (Å²) in [5, 5.41) is 3.02. The van der Waals surface area contributed by atoms with Gasteiger partial charge >= 0.3 is 6.03 Å². The summed E-state index contributed by atoms with van der Waals surface area (Å²) >= 11 is 0. The van der Waals surface area contributed by atoms with Crippen molar-refractivity contribution < 1.29 is 14.3 Å². The molecule has 1 saturated heterocycles. The zero-order chi connectivity index (χ0) is 22.6. The molecule has 6 heteroatoms. The van der Waals surface area contributed by atoms with E-state index in [0.29, 0.717) is 19.6 Å². The standard InChI is InChI=1S/C25H33N3O3/c1-25(2,3)26-24(30)28-16-21(19-12-9-13-20(14-19)31-5)22(17-28)23(29)27(4)15-18-10-7-6-8-11-18/h6-14,21-22H,15-17H2,1-5H3,(H,26,30)/t21-,22+/m1/s1. The predicted octanol–water partition coefficient (Wildman–Crippen LogP) is 3.88. The van der Waals surface area contributed by atoms with Gasteiger partial charge in [0, 0.05) is 38.1 Å². The fourth-order valence-electron chi connectivity index (χ4n) is 4.05. The molecule has 1 fully saturated rings. The number of likely N-dealkylation sites (tertiary alicyclic amines) is 1. The van der Waals surface area contributed by atoms with Gasteiger partial charge in [-0.2, -0.15) is 0 Å². The van der Waals surface area contributed by atoms with Crippen LogP contribution in [-0.2, 0) is 11.3 Å². The van der Waals surface area contributed by atoms with Crippen molar-refractivity contribution >= 4 is 11.9 Å². The molecule has 31 heavy (non-hydrogen) atoms. The monoisotopic (exact) mass is 423 g/mol. The summed E-state index contributed by atoms with van der Waals surface area (Å²) < 4.78 is 5.39. The molecule has 1 aliphatic rings. The zero-order valence-corrected chi connectivity index (χ0v) is 19.1. The number of ether oxygens (including phenoxy) is 1. The van der Waals surface area contributed by atoms with Crippen molar-refractivity contribution in [3.05, 3.63) is 65.7 Å². The maximum Gasteiger partial charge on any atom is 0.317 e. The number of nitrogens with zero attached hydrogens (tertiary/aromatic N) is 2. The summed E-state index contributed by atoms with van der Waals surface area (Å²) in [6.45, 7) is 7.28. The highest BCUT2D eigenvalue weighted by Crippen LogP contribution is 2.35. The van der Waals surface area contributed by atoms with E-state index < -0.39 is 0 Å². The fourth-order valence-corrected chi connectivity index (χ4v) is 4.05. The molecule has 1 heterocycles. The summed E-state index contributed by atoms with van der Waals surface area (Å²) in [4.78, 5) is 29.9. The Bertz CT molecular complexity index is 908. The molecule has 0 aliphatic carbocycles. The third-order valence-electron chi connectivity index (χ3n) is 5.57. The molecule has 0 unspecified atom stereocenters. The summed E-state index contributed by atoms with van der Waals surface area (Å²) in [6.07, 6.45) is 0. The van der Waals surface area contributed by atoms with E-state index >= 15 is 0 Å². The van der Waals surface area contributed by atoms with Crippen molar-refractivity contribution in [3.63, 3.8) is 0 Å². The molecular formula is C25H33N3O3. The Morgan fingerprint density at radius 1 is 1.10 bits per heavy atom. The maximum atomic E-state index is 13.5. The maximum absolute atomic E-state index is 13.5. The molecule has 3 amide bonds. The lowest BCUT2D eigenvalue weighted by Gasteiger charge is -2.26. The number of hydrogen-bond acceptors (Lipinski definition) is 3. The van der Waals surface area contributed by atoms with Gasteiger partial charge in [-0.25, -0.2) is 4.79 Å². The molecular weight excluding hydrogens is 390 g/mol. The van der Waals surface area contributed by atoms with Crippen molar-refractivity contribution in [3.8, 4) is 5.75 Å². The largest absolute Gasteiger partial charge is 0.497 e. The van der Waals surface area contributed by atoms with Crippen LogP contribution in [0.3, 0.4) is 0 Å². The van der Waals surface area contributed by atoms with Crippen molar-refractivity contribution in [1.29, 1.82) is 0 Å². The van der Waals surface area contributed by atoms with Crippen LogP contribution in [0.15, 0.2) is 54.6 Å². The van der Waals surface area contributed by atoms with Crippen LogP contribution in [0, 0.1) is 5.92 Å². The number of benzene rings is 2. The Hall–Kier alpha value is -3.02. The van der Waals surface area contributed by atoms with Crippen molar-refractivity contribution in [2.45, 2.75) is 38.8 Å². The first-order valence-corrected chi connectivity index (χ1v) is 10.7. The SMILES string of the molecule is COc1cccc([C@H]2CN(C(=O)NC(C)(C)C)C[C@@H]2C(=O)N(C)Cc2ccccc2)c1. The summed E-state index contributed by atoms with van der Waals surface area (Å²) in [7, 11) is 3.46. The molecule has 0 bridgehead atoms. The van der Waals surface area contributed by atoms with E-state index in [1.165, 1.54) is 0 Å². The van der Waals surface area contributed by atoms with Gasteiger partial charge in [-0.1, -0.05) is 42.5 Å². The van der Waals surface area contributed by atoms with E-state index in [9.17, 15) is 9.59 Å². The first kappa shape index (κ1) is 22.7. The molecule has 1 N–H and O–H groups in total. The number of amides is 3. The molecule has 166 valence electrons. The molecule has 0 aromatic heterocycles. The van der Waals surface area contributed by atoms with Crippen molar-refractivity contribution in [1.82, 2.24) is 15.1 Å². The summed E-state index contributed by atoms with van der Waals surface area (Å²) in [5.41, 5.74) is 1.75. The normalized spacial score (nSPS) is 18.5. The van der Waals surface area contributed by atoms with Gasteiger partial charge in [-0.15, -0.1) is 0 Å². The lowest BCUT2D eigenvalue weighted by Crippen LogP contribution is -2.48. The van der Waals surface area contributed by atoms with E-state index in [1.807, 2.05) is 82.4 Å². The number of methoxy groups -OCH3 is 1. The lowest BCUT2D eigenvalue weighted by atomic mass is 9.88. The van der Waals surface area contributed by atoms with Crippen LogP contribution in [0.1, 0.15) is 37.8 Å². The number of carbonyl (C=O) groups excluding carboxylic acids is 2. The molecule has 6 nitrogen and oxygen atoms in total. The van der Waals surface area contributed by atoms with E-state index in [4.69, 9.17) is 4.74 Å². The van der Waals surface area contributed by atoms with Gasteiger partial charge in [-0.3, -0.25) is 4.79 Å². The van der Waals surface area contributed by atoms with E-state index in [-0.39, 0.29) is 29.3 Å². The van der Waals surface area contributed by atoms with E-state index in [2.05, 4.69) is 5.32 Å². The van der Waals surface area contributed by atoms with E-state index in [0.717, 1.165) is 16.9 Å². The Balaban J connectivity index is 1.84. The van der Waals surface area contributed by atoms with Gasteiger partial charge in [0.2, 0.25) is 5.91 Å². The first-order chi connectivity index (χ1) is 14.7. The quantitative estimate of drug-likeness (QED) is 0.794. The molecule has 1 aliphatic heterocycles. The summed E-state index contributed by atoms with van der Waals surface area (Å²) in [6, 6.07) is 17.6. The second kappa shape index (κ2) is 9.41. The van der Waals surface area contributed by atoms with Gasteiger partial charge < -0.3 is 19.9 Å². The highest BCUT2D eigenvalue weighted by atomic mass is 16.5. The fraction of sp³-hybridized carbons (Fsp3) is 0.440. The van der Waals surface area contributed by atoms with Crippen LogP contribution in [-0.4, -0.2) is 54.5 Å². The van der Waals surface area contributed by atoms with Crippen LogP contribution >= 0.6 is 0 Å². The second-order valence-electron chi connectivity index (χ2n) is 9.25. The highest BCUT2D eigenvalue weighted by Gasteiger charge is 2.42. The van der Waals surface area contributed by atoms with Crippen LogP contribution in [0.5, 0.6) is 5.75 Å². The molecule has 0 radical (unpaired) electrons. The molecule has 2 atom stereocenters. The van der Waals surface area contributed by atoms with Gasteiger partial charge in [0.05, 0.1) is 13.0 Å². The molecule has 2 aromatic carbocycles. The average Bonchev–Trinajstić information content (AvgIpc) is 3.18. The summed E-state index contributed by atoms with van der Waals surface area (Å²) in [5.74, 6) is 0.389. The smallest absolute Gasteiger partial charge is 0.317 e. The minimum Gasteiger partial charge on any atom is -0.497 e. The lowest BCUT2D eigenvalue weighted by molar-refractivity contribution is -0.134. The van der Waals surface area contributed by atoms with Crippen molar-refractivity contribution in [2.24, 2.45) is 5.92 Å². The number of rotatable bonds is 5. The Labute approximate surface area is 185 Å². The number of urea groups is 1. The number of nitrogens with one attached hydrogen (secondary N) is 1. The van der Waals surface area contributed by atoms with Crippen LogP contribution in [0.2, 0.25) is 0 Å².